The summed E-state index contributed by atoms with van der Waals surface area (Å²) >= 11 is 0. The van der Waals surface area contributed by atoms with E-state index in [2.05, 4.69) is 27.7 Å². The Balaban J connectivity index is 3.15. The number of carboxylic acids is 1. The van der Waals surface area contributed by atoms with Gasteiger partial charge in [0.05, 0.1) is 0 Å². The Morgan fingerprint density at radius 1 is 1.00 bits per heavy atom. The first-order valence-corrected chi connectivity index (χ1v) is 5.92. The van der Waals surface area contributed by atoms with Gasteiger partial charge in [-0.15, -0.1) is 0 Å². The lowest BCUT2D eigenvalue weighted by Gasteiger charge is -2.52. The predicted molar refractivity (Wildman–Crippen MR) is 65.5 cm³/mol. The Morgan fingerprint density at radius 3 is 1.62 bits per heavy atom. The van der Waals surface area contributed by atoms with Crippen LogP contribution in [0.3, 0.4) is 0 Å². The van der Waals surface area contributed by atoms with Crippen LogP contribution in [0.4, 0.5) is 0 Å². The van der Waals surface area contributed by atoms with Crippen molar-refractivity contribution in [1.82, 2.24) is 4.90 Å². The Bertz CT molecular complexity index is 276. The van der Waals surface area contributed by atoms with E-state index >= 15 is 0 Å². The highest BCUT2D eigenvalue weighted by Gasteiger charge is 2.53. The molecule has 0 atom stereocenters. The lowest BCUT2D eigenvalue weighted by atomic mass is 9.58. The van der Waals surface area contributed by atoms with Crippen molar-refractivity contribution < 1.29 is 9.90 Å². The molecule has 0 heterocycles. The molecule has 0 radical (unpaired) electrons. The zero-order valence-corrected chi connectivity index (χ0v) is 11.4. The summed E-state index contributed by atoms with van der Waals surface area (Å²) in [6, 6.07) is 0. The lowest BCUT2D eigenvalue weighted by Crippen LogP contribution is -2.59. The van der Waals surface area contributed by atoms with Crippen molar-refractivity contribution in [3.8, 4) is 0 Å². The normalized spacial score (nSPS) is 26.7. The third-order valence-electron chi connectivity index (χ3n) is 3.75. The van der Waals surface area contributed by atoms with Crippen LogP contribution in [0.25, 0.3) is 0 Å². The summed E-state index contributed by atoms with van der Waals surface area (Å²) in [5.41, 5.74) is -0.528. The van der Waals surface area contributed by atoms with E-state index in [1.807, 2.05) is 19.0 Å². The Hall–Kier alpha value is -0.570. The molecule has 0 aromatic rings. The van der Waals surface area contributed by atoms with Gasteiger partial charge in [0.2, 0.25) is 0 Å². The average molecular weight is 227 g/mol. The average Bonchev–Trinajstić information content (AvgIpc) is 1.96. The first-order chi connectivity index (χ1) is 7.01. The number of aliphatic carboxylic acids is 1. The van der Waals surface area contributed by atoms with Gasteiger partial charge >= 0.3 is 5.97 Å². The minimum Gasteiger partial charge on any atom is -0.480 e. The van der Waals surface area contributed by atoms with Gasteiger partial charge in [0.1, 0.15) is 5.54 Å². The molecular weight excluding hydrogens is 202 g/mol. The van der Waals surface area contributed by atoms with Crippen LogP contribution in [0.1, 0.15) is 47.0 Å². The molecule has 3 heteroatoms. The Labute approximate surface area is 98.8 Å². The number of carboxylic acid groups (broad SMARTS) is 1. The fourth-order valence-corrected chi connectivity index (χ4v) is 3.73. The molecule has 0 unspecified atom stereocenters. The third-order valence-corrected chi connectivity index (χ3v) is 3.75. The van der Waals surface area contributed by atoms with E-state index in [1.165, 1.54) is 0 Å². The molecule has 1 saturated carbocycles. The highest BCUT2D eigenvalue weighted by molar-refractivity contribution is 5.79. The second kappa shape index (κ2) is 3.73. The zero-order valence-electron chi connectivity index (χ0n) is 11.4. The summed E-state index contributed by atoms with van der Waals surface area (Å²) in [5, 5.41) is 9.58. The topological polar surface area (TPSA) is 40.5 Å². The van der Waals surface area contributed by atoms with Gasteiger partial charge in [0.25, 0.3) is 0 Å². The molecule has 0 saturated heterocycles. The van der Waals surface area contributed by atoms with Crippen LogP contribution in [-0.4, -0.2) is 35.6 Å². The van der Waals surface area contributed by atoms with Crippen LogP contribution < -0.4 is 0 Å². The van der Waals surface area contributed by atoms with Gasteiger partial charge in [-0.2, -0.15) is 0 Å². The number of likely N-dealkylation sites (N-methyl/N-ethyl adjacent to an activating group) is 1. The number of hydrogen-bond acceptors (Lipinski definition) is 2. The second-order valence-electron chi connectivity index (χ2n) is 7.09. The number of carbonyl (C=O) groups is 1. The van der Waals surface area contributed by atoms with Crippen molar-refractivity contribution in [2.45, 2.75) is 52.5 Å². The van der Waals surface area contributed by atoms with E-state index in [0.717, 1.165) is 19.3 Å². The monoisotopic (exact) mass is 227 g/mol. The van der Waals surface area contributed by atoms with Crippen molar-refractivity contribution in [3.63, 3.8) is 0 Å². The van der Waals surface area contributed by atoms with Crippen LogP contribution in [0, 0.1) is 10.8 Å². The maximum Gasteiger partial charge on any atom is 0.324 e. The van der Waals surface area contributed by atoms with Crippen molar-refractivity contribution in [3.05, 3.63) is 0 Å². The number of nitrogens with zero attached hydrogens (tertiary/aromatic N) is 1. The van der Waals surface area contributed by atoms with E-state index in [9.17, 15) is 9.90 Å². The SMILES string of the molecule is CN(C)C1(C(=O)O)CC(C)(C)CC(C)(C)C1. The largest absolute Gasteiger partial charge is 0.480 e. The van der Waals surface area contributed by atoms with Gasteiger partial charge in [-0.05, 0) is 44.2 Å². The molecule has 1 N–H and O–H groups in total. The molecule has 1 rings (SSSR count). The highest BCUT2D eigenvalue weighted by atomic mass is 16.4. The molecule has 16 heavy (non-hydrogen) atoms. The molecular formula is C13H25NO2. The molecule has 0 aromatic carbocycles. The van der Waals surface area contributed by atoms with E-state index in [0.29, 0.717) is 0 Å². The smallest absolute Gasteiger partial charge is 0.324 e. The fourth-order valence-electron chi connectivity index (χ4n) is 3.73. The predicted octanol–water partition coefficient (Wildman–Crippen LogP) is 2.61. The van der Waals surface area contributed by atoms with Gasteiger partial charge < -0.3 is 5.11 Å². The summed E-state index contributed by atoms with van der Waals surface area (Å²) in [6.45, 7) is 8.70. The number of hydrogen-bond donors (Lipinski definition) is 1. The minimum atomic E-state index is -0.703. The van der Waals surface area contributed by atoms with Crippen molar-refractivity contribution in [2.75, 3.05) is 14.1 Å². The molecule has 0 aromatic heterocycles. The molecule has 0 bridgehead atoms. The Morgan fingerprint density at radius 2 is 1.38 bits per heavy atom. The molecule has 0 spiro atoms. The Kier molecular flexibility index (Phi) is 3.14. The second-order valence-corrected chi connectivity index (χ2v) is 7.09. The van der Waals surface area contributed by atoms with Gasteiger partial charge in [0, 0.05) is 0 Å². The van der Waals surface area contributed by atoms with E-state index in [-0.39, 0.29) is 10.8 Å². The maximum absolute atomic E-state index is 11.7. The minimum absolute atomic E-state index is 0.0877. The summed E-state index contributed by atoms with van der Waals surface area (Å²) in [6.07, 6.45) is 2.54. The maximum atomic E-state index is 11.7. The van der Waals surface area contributed by atoms with Crippen molar-refractivity contribution >= 4 is 5.97 Å². The molecule has 3 nitrogen and oxygen atoms in total. The summed E-state index contributed by atoms with van der Waals surface area (Å²) in [5.74, 6) is -0.682. The lowest BCUT2D eigenvalue weighted by molar-refractivity contribution is -0.159. The summed E-state index contributed by atoms with van der Waals surface area (Å²) < 4.78 is 0. The van der Waals surface area contributed by atoms with Gasteiger partial charge in [-0.25, -0.2) is 0 Å². The zero-order chi connectivity index (χ0) is 12.8. The van der Waals surface area contributed by atoms with E-state index < -0.39 is 11.5 Å². The van der Waals surface area contributed by atoms with Crippen LogP contribution in [-0.2, 0) is 4.79 Å². The fraction of sp³-hybridized carbons (Fsp3) is 0.923. The molecule has 0 aliphatic heterocycles. The molecule has 1 fully saturated rings. The first kappa shape index (κ1) is 13.5. The number of rotatable bonds is 2. The van der Waals surface area contributed by atoms with Crippen LogP contribution >= 0.6 is 0 Å². The first-order valence-electron chi connectivity index (χ1n) is 5.92. The molecule has 1 aliphatic rings. The van der Waals surface area contributed by atoms with Crippen LogP contribution in [0.2, 0.25) is 0 Å². The summed E-state index contributed by atoms with van der Waals surface area (Å²) in [4.78, 5) is 13.5. The van der Waals surface area contributed by atoms with Gasteiger partial charge in [-0.3, -0.25) is 9.69 Å². The van der Waals surface area contributed by atoms with Crippen LogP contribution in [0.5, 0.6) is 0 Å². The quantitative estimate of drug-likeness (QED) is 0.788. The van der Waals surface area contributed by atoms with Crippen LogP contribution in [0.15, 0.2) is 0 Å². The van der Waals surface area contributed by atoms with Gasteiger partial charge in [-0.1, -0.05) is 27.7 Å². The molecule has 1 aliphatic carbocycles. The highest BCUT2D eigenvalue weighted by Crippen LogP contribution is 2.51. The van der Waals surface area contributed by atoms with Crippen molar-refractivity contribution in [1.29, 1.82) is 0 Å². The van der Waals surface area contributed by atoms with Crippen molar-refractivity contribution in [2.24, 2.45) is 10.8 Å². The van der Waals surface area contributed by atoms with E-state index in [1.54, 1.807) is 0 Å². The molecule has 94 valence electrons. The standard InChI is InChI=1S/C13H25NO2/c1-11(2)7-12(3,4)9-13(8-11,10(15)16)14(5)6/h7-9H2,1-6H3,(H,15,16). The third kappa shape index (κ3) is 2.40. The van der Waals surface area contributed by atoms with Gasteiger partial charge in [0.15, 0.2) is 0 Å². The summed E-state index contributed by atoms with van der Waals surface area (Å²) in [7, 11) is 3.76. The van der Waals surface area contributed by atoms with E-state index in [4.69, 9.17) is 0 Å². The molecule has 0 amide bonds.